The van der Waals surface area contributed by atoms with Crippen LogP contribution in [0.2, 0.25) is 0 Å². The van der Waals surface area contributed by atoms with Crippen molar-refractivity contribution in [1.29, 1.82) is 0 Å². The lowest BCUT2D eigenvalue weighted by molar-refractivity contribution is -0.141. The van der Waals surface area contributed by atoms with Gasteiger partial charge in [0.05, 0.1) is 17.7 Å². The maximum absolute atomic E-state index is 13.9. The largest absolute Gasteiger partial charge is 0.481 e. The fraction of sp³-hybridized carbons (Fsp3) is 0.346. The Labute approximate surface area is 223 Å². The minimum absolute atomic E-state index is 0.0430. The number of nitrogens with one attached hydrogen (secondary N) is 1. The van der Waals surface area contributed by atoms with Gasteiger partial charge in [0.2, 0.25) is 17.5 Å². The van der Waals surface area contributed by atoms with Gasteiger partial charge < -0.3 is 24.6 Å². The molecule has 10 nitrogen and oxygen atoms in total. The quantitative estimate of drug-likeness (QED) is 0.298. The third-order valence-electron chi connectivity index (χ3n) is 6.42. The molecule has 1 aliphatic heterocycles. The molecule has 2 N–H and O–H groups in total. The van der Waals surface area contributed by atoms with E-state index in [1.54, 1.807) is 24.3 Å². The lowest BCUT2D eigenvalue weighted by Crippen LogP contribution is -2.48. The molecule has 1 fully saturated rings. The van der Waals surface area contributed by atoms with Gasteiger partial charge in [0, 0.05) is 19.2 Å². The number of ether oxygens (including phenoxy) is 1. The number of hydrogen-bond acceptors (Lipinski definition) is 7. The van der Waals surface area contributed by atoms with Crippen LogP contribution in [0.1, 0.15) is 36.2 Å². The van der Waals surface area contributed by atoms with E-state index in [2.05, 4.69) is 15.2 Å². The third-order valence-corrected chi connectivity index (χ3v) is 6.42. The fourth-order valence-corrected chi connectivity index (χ4v) is 4.36. The molecule has 4 rings (SSSR count). The second-order valence-corrected chi connectivity index (χ2v) is 9.18. The van der Waals surface area contributed by atoms with E-state index in [1.165, 1.54) is 4.90 Å². The van der Waals surface area contributed by atoms with Crippen LogP contribution in [0.5, 0.6) is 5.75 Å². The summed E-state index contributed by atoms with van der Waals surface area (Å²) in [6.45, 7) is -0.935. The number of halogens is 4. The number of carbonyl (C=O) groups is 4. The van der Waals surface area contributed by atoms with Crippen LogP contribution in [0.25, 0.3) is 11.0 Å². The number of ketones is 1. The molecule has 0 saturated carbocycles. The lowest BCUT2D eigenvalue weighted by atomic mass is 10.0. The van der Waals surface area contributed by atoms with Gasteiger partial charge in [0.15, 0.2) is 34.4 Å². The van der Waals surface area contributed by atoms with Crippen LogP contribution < -0.4 is 10.1 Å². The molecule has 3 aromatic rings. The van der Waals surface area contributed by atoms with E-state index in [0.29, 0.717) is 36.8 Å². The number of nitrogens with zero attached hydrogens (tertiary/aromatic N) is 2. The highest BCUT2D eigenvalue weighted by atomic mass is 19.2. The number of aliphatic carboxylic acids is 1. The van der Waals surface area contributed by atoms with Crippen LogP contribution in [-0.4, -0.2) is 64.5 Å². The molecule has 0 radical (unpaired) electrons. The van der Waals surface area contributed by atoms with Crippen molar-refractivity contribution in [1.82, 2.24) is 15.4 Å². The van der Waals surface area contributed by atoms with E-state index >= 15 is 0 Å². The predicted octanol–water partition coefficient (Wildman–Crippen LogP) is 3.23. The zero-order valence-corrected chi connectivity index (χ0v) is 20.8. The summed E-state index contributed by atoms with van der Waals surface area (Å²) in [5.74, 6) is -13.4. The Kier molecular flexibility index (Phi) is 8.65. The van der Waals surface area contributed by atoms with Gasteiger partial charge in [-0.25, -0.2) is 8.78 Å². The predicted molar refractivity (Wildman–Crippen MR) is 128 cm³/mol. The second-order valence-electron chi connectivity index (χ2n) is 9.18. The number of fused-ring (bicyclic) bond motifs is 1. The highest BCUT2D eigenvalue weighted by molar-refractivity contribution is 6.04. The number of Topliss-reactive ketones (excluding diaryl/α,β-unsaturated/α-hetero) is 1. The highest BCUT2D eigenvalue weighted by Gasteiger charge is 2.33. The summed E-state index contributed by atoms with van der Waals surface area (Å²) in [5.41, 5.74) is 0.480. The molecule has 2 aromatic carbocycles. The number of para-hydroxylation sites is 1. The molecule has 2 heterocycles. The standard InChI is InChI=1S/C26H23F4N3O7/c27-15-9-16(28)22(30)24(21(15)29)39-12-18(34)17(10-20(35)36)31-25(37)13-5-3-4-8-33(11-13)26(38)23-14-6-1-2-7-19(14)40-32-23/h1-2,6-7,9,13,17H,3-5,8,10-12H2,(H,31,37)(H,35,36)/t13-,17+/m1/s1. The Morgan fingerprint density at radius 2 is 1.80 bits per heavy atom. The van der Waals surface area contributed by atoms with Gasteiger partial charge in [0.25, 0.3) is 5.91 Å². The van der Waals surface area contributed by atoms with Gasteiger partial charge in [-0.1, -0.05) is 23.7 Å². The fourth-order valence-electron chi connectivity index (χ4n) is 4.36. The van der Waals surface area contributed by atoms with Crippen molar-refractivity contribution in [2.75, 3.05) is 19.7 Å². The summed E-state index contributed by atoms with van der Waals surface area (Å²) in [4.78, 5) is 51.7. The van der Waals surface area contributed by atoms with E-state index in [1.807, 2.05) is 0 Å². The number of carbonyl (C=O) groups excluding carboxylic acids is 3. The first-order chi connectivity index (χ1) is 19.1. The van der Waals surface area contributed by atoms with Crippen molar-refractivity contribution in [2.45, 2.75) is 31.7 Å². The molecule has 40 heavy (non-hydrogen) atoms. The molecule has 0 unspecified atom stereocenters. The summed E-state index contributed by atoms with van der Waals surface area (Å²) in [7, 11) is 0. The zero-order chi connectivity index (χ0) is 29.0. The van der Waals surface area contributed by atoms with Crippen LogP contribution in [0.3, 0.4) is 0 Å². The van der Waals surface area contributed by atoms with Crippen LogP contribution in [0, 0.1) is 29.2 Å². The molecular formula is C26H23F4N3O7. The van der Waals surface area contributed by atoms with Crippen molar-refractivity contribution in [2.24, 2.45) is 5.92 Å². The molecule has 0 bridgehead atoms. The number of carboxylic acid groups (broad SMARTS) is 1. The topological polar surface area (TPSA) is 139 Å². The van der Waals surface area contributed by atoms with Crippen molar-refractivity contribution in [3.63, 3.8) is 0 Å². The second kappa shape index (κ2) is 12.1. The molecular weight excluding hydrogens is 542 g/mol. The third kappa shape index (κ3) is 6.21. The van der Waals surface area contributed by atoms with E-state index < -0.39 is 77.6 Å². The van der Waals surface area contributed by atoms with Crippen LogP contribution in [-0.2, 0) is 14.4 Å². The molecule has 2 amide bonds. The van der Waals surface area contributed by atoms with E-state index in [4.69, 9.17) is 4.52 Å². The first-order valence-electron chi connectivity index (χ1n) is 12.2. The summed E-state index contributed by atoms with van der Waals surface area (Å²) in [5, 5.41) is 15.9. The Bertz CT molecular complexity index is 1440. The van der Waals surface area contributed by atoms with Crippen LogP contribution in [0.4, 0.5) is 17.6 Å². The maximum Gasteiger partial charge on any atom is 0.305 e. The SMILES string of the molecule is O=C(O)C[C@H](NC(=O)[C@@H]1CCCCN(C(=O)c2noc3ccccc23)C1)C(=O)COc1c(F)c(F)cc(F)c1F. The number of amides is 2. The lowest BCUT2D eigenvalue weighted by Gasteiger charge is -2.25. The van der Waals surface area contributed by atoms with Gasteiger partial charge >= 0.3 is 5.97 Å². The highest BCUT2D eigenvalue weighted by Crippen LogP contribution is 2.27. The maximum atomic E-state index is 13.9. The van der Waals surface area contributed by atoms with Gasteiger partial charge in [-0.15, -0.1) is 0 Å². The first-order valence-corrected chi connectivity index (χ1v) is 12.2. The number of aromatic nitrogens is 1. The summed E-state index contributed by atoms with van der Waals surface area (Å²) < 4.78 is 64.4. The molecule has 1 saturated heterocycles. The van der Waals surface area contributed by atoms with Crippen molar-refractivity contribution < 1.29 is 51.1 Å². The number of benzene rings is 2. The van der Waals surface area contributed by atoms with Gasteiger partial charge in [0.1, 0.15) is 12.6 Å². The smallest absolute Gasteiger partial charge is 0.305 e. The Hall–Kier alpha value is -4.49. The number of rotatable bonds is 9. The Balaban J connectivity index is 1.45. The van der Waals surface area contributed by atoms with Crippen LogP contribution >= 0.6 is 0 Å². The van der Waals surface area contributed by atoms with Crippen LogP contribution in [0.15, 0.2) is 34.9 Å². The monoisotopic (exact) mass is 565 g/mol. The van der Waals surface area contributed by atoms with Crippen molar-refractivity contribution in [3.8, 4) is 5.75 Å². The van der Waals surface area contributed by atoms with Gasteiger partial charge in [-0.2, -0.15) is 8.78 Å². The normalized spacial score (nSPS) is 16.3. The Morgan fingerprint density at radius 3 is 2.50 bits per heavy atom. The first kappa shape index (κ1) is 28.5. The van der Waals surface area contributed by atoms with Crippen molar-refractivity contribution >= 4 is 34.5 Å². The van der Waals surface area contributed by atoms with Crippen molar-refractivity contribution in [3.05, 3.63) is 59.3 Å². The summed E-state index contributed by atoms with van der Waals surface area (Å²) in [6, 6.07) is 5.01. The zero-order valence-electron chi connectivity index (χ0n) is 20.8. The van der Waals surface area contributed by atoms with Gasteiger partial charge in [-0.05, 0) is 25.0 Å². The average molecular weight is 565 g/mol. The van der Waals surface area contributed by atoms with E-state index in [0.717, 1.165) is 0 Å². The number of likely N-dealkylation sites (tertiary alicyclic amines) is 1. The van der Waals surface area contributed by atoms with Gasteiger partial charge in [-0.3, -0.25) is 19.2 Å². The minimum Gasteiger partial charge on any atom is -0.481 e. The summed E-state index contributed by atoms with van der Waals surface area (Å²) in [6.07, 6.45) is 0.527. The molecule has 212 valence electrons. The Morgan fingerprint density at radius 1 is 1.10 bits per heavy atom. The average Bonchev–Trinajstić information content (AvgIpc) is 3.19. The molecule has 14 heteroatoms. The molecule has 0 spiro atoms. The van der Waals surface area contributed by atoms with E-state index in [9.17, 15) is 41.8 Å². The minimum atomic E-state index is -1.88. The molecule has 1 aliphatic rings. The van der Waals surface area contributed by atoms with E-state index in [-0.39, 0.29) is 18.3 Å². The molecule has 2 atom stereocenters. The number of hydrogen-bond donors (Lipinski definition) is 2. The molecule has 0 aliphatic carbocycles. The molecule has 1 aromatic heterocycles. The number of carboxylic acids is 1. The summed E-state index contributed by atoms with van der Waals surface area (Å²) >= 11 is 0.